The quantitative estimate of drug-likeness (QED) is 0.530. The molecule has 3 aromatic rings. The summed E-state index contributed by atoms with van der Waals surface area (Å²) in [7, 11) is 2.94. The normalized spacial score (nSPS) is 10.8. The van der Waals surface area contributed by atoms with Crippen LogP contribution in [0.4, 0.5) is 10.5 Å². The molecule has 1 amide bonds. The zero-order valence-electron chi connectivity index (χ0n) is 17.1. The zero-order chi connectivity index (χ0) is 22.2. The number of carbonyl (C=O) groups is 1. The van der Waals surface area contributed by atoms with Crippen LogP contribution in [-0.2, 0) is 27.4 Å². The highest BCUT2D eigenvalue weighted by atomic mass is 35.5. The summed E-state index contributed by atoms with van der Waals surface area (Å²) in [6, 6.07) is 16.1. The zero-order valence-corrected chi connectivity index (χ0v) is 17.8. The molecule has 0 aliphatic rings. The standard InChI is InChI=1S/C22H22ClN3O5/c1-29-19(30-2)13-26-20(16-8-10-17(23)11-9-16)24-12-18(21(26)27)25-22(28)31-14-15-6-4-3-5-7-15/h3-12,19H,13-14H2,1-2H3,(H,25,28). The number of nitrogens with one attached hydrogen (secondary N) is 1. The number of halogens is 1. The van der Waals surface area contributed by atoms with Gasteiger partial charge in [-0.25, -0.2) is 9.78 Å². The first-order valence-corrected chi connectivity index (χ1v) is 9.78. The molecule has 0 spiro atoms. The highest BCUT2D eigenvalue weighted by Gasteiger charge is 2.18. The van der Waals surface area contributed by atoms with Crippen LogP contribution in [0.1, 0.15) is 5.56 Å². The highest BCUT2D eigenvalue weighted by Crippen LogP contribution is 2.20. The largest absolute Gasteiger partial charge is 0.444 e. The monoisotopic (exact) mass is 443 g/mol. The molecule has 31 heavy (non-hydrogen) atoms. The lowest BCUT2D eigenvalue weighted by Crippen LogP contribution is -2.33. The van der Waals surface area contributed by atoms with Gasteiger partial charge in [-0.2, -0.15) is 0 Å². The van der Waals surface area contributed by atoms with Crippen molar-refractivity contribution < 1.29 is 19.0 Å². The van der Waals surface area contributed by atoms with Gasteiger partial charge in [-0.15, -0.1) is 0 Å². The summed E-state index contributed by atoms with van der Waals surface area (Å²) in [6.45, 7) is 0.137. The number of methoxy groups -OCH3 is 2. The lowest BCUT2D eigenvalue weighted by atomic mass is 10.2. The molecular formula is C22H22ClN3O5. The maximum atomic E-state index is 13.1. The number of aromatic nitrogens is 2. The van der Waals surface area contributed by atoms with Crippen molar-refractivity contribution in [3.8, 4) is 11.4 Å². The summed E-state index contributed by atoms with van der Waals surface area (Å²) in [6.07, 6.45) is -0.157. The average Bonchev–Trinajstić information content (AvgIpc) is 2.79. The highest BCUT2D eigenvalue weighted by molar-refractivity contribution is 6.30. The van der Waals surface area contributed by atoms with E-state index >= 15 is 0 Å². The molecule has 0 aliphatic carbocycles. The Labute approximate surface area is 184 Å². The summed E-state index contributed by atoms with van der Waals surface area (Å²) in [5, 5.41) is 3.02. The van der Waals surface area contributed by atoms with Crippen molar-refractivity contribution in [2.45, 2.75) is 19.4 Å². The summed E-state index contributed by atoms with van der Waals surface area (Å²) in [4.78, 5) is 29.7. The molecule has 162 valence electrons. The third-order valence-corrected chi connectivity index (χ3v) is 4.71. The Morgan fingerprint density at radius 1 is 1.10 bits per heavy atom. The molecule has 9 heteroatoms. The Hall–Kier alpha value is -3.20. The number of carbonyl (C=O) groups excluding carboxylic acids is 1. The van der Waals surface area contributed by atoms with Crippen molar-refractivity contribution in [2.75, 3.05) is 19.5 Å². The second-order valence-electron chi connectivity index (χ2n) is 6.51. The number of nitrogens with zero attached hydrogens (tertiary/aromatic N) is 2. The van der Waals surface area contributed by atoms with Gasteiger partial charge in [0.1, 0.15) is 18.1 Å². The predicted molar refractivity (Wildman–Crippen MR) is 117 cm³/mol. The van der Waals surface area contributed by atoms with E-state index in [0.29, 0.717) is 16.4 Å². The maximum absolute atomic E-state index is 13.1. The van der Waals surface area contributed by atoms with E-state index in [-0.39, 0.29) is 18.8 Å². The molecule has 0 saturated carbocycles. The molecule has 8 nitrogen and oxygen atoms in total. The van der Waals surface area contributed by atoms with Crippen LogP contribution in [0.5, 0.6) is 0 Å². The third kappa shape index (κ3) is 5.91. The lowest BCUT2D eigenvalue weighted by Gasteiger charge is -2.19. The molecule has 3 rings (SSSR count). The van der Waals surface area contributed by atoms with Crippen LogP contribution in [0.2, 0.25) is 5.02 Å². The minimum atomic E-state index is -0.761. The summed E-state index contributed by atoms with van der Waals surface area (Å²) < 4.78 is 17.0. The molecule has 0 radical (unpaired) electrons. The summed E-state index contributed by atoms with van der Waals surface area (Å²) >= 11 is 5.97. The van der Waals surface area contributed by atoms with Crippen LogP contribution in [-0.4, -0.2) is 36.2 Å². The van der Waals surface area contributed by atoms with Gasteiger partial charge in [0.15, 0.2) is 6.29 Å². The van der Waals surface area contributed by atoms with Crippen molar-refractivity contribution >= 4 is 23.4 Å². The van der Waals surface area contributed by atoms with Gasteiger partial charge in [0.25, 0.3) is 5.56 Å². The molecule has 0 saturated heterocycles. The van der Waals surface area contributed by atoms with E-state index in [2.05, 4.69) is 10.3 Å². The summed E-state index contributed by atoms with van der Waals surface area (Å²) in [5.41, 5.74) is 0.998. The number of rotatable bonds is 8. The molecule has 1 N–H and O–H groups in total. The fourth-order valence-electron chi connectivity index (χ4n) is 2.84. The Balaban J connectivity index is 1.86. The Bertz CT molecular complexity index is 1070. The second-order valence-corrected chi connectivity index (χ2v) is 6.94. The molecule has 0 atom stereocenters. The third-order valence-electron chi connectivity index (χ3n) is 4.46. The van der Waals surface area contributed by atoms with Gasteiger partial charge in [-0.1, -0.05) is 41.9 Å². The maximum Gasteiger partial charge on any atom is 0.412 e. The molecule has 0 unspecified atom stereocenters. The van der Waals surface area contributed by atoms with Gasteiger partial charge < -0.3 is 14.2 Å². The average molecular weight is 444 g/mol. The van der Waals surface area contributed by atoms with Crippen LogP contribution < -0.4 is 10.9 Å². The van der Waals surface area contributed by atoms with Crippen LogP contribution in [0, 0.1) is 0 Å². The van der Waals surface area contributed by atoms with Gasteiger partial charge in [0.2, 0.25) is 0 Å². The minimum Gasteiger partial charge on any atom is -0.444 e. The van der Waals surface area contributed by atoms with Crippen molar-refractivity contribution in [3.63, 3.8) is 0 Å². The van der Waals surface area contributed by atoms with Gasteiger partial charge in [-0.05, 0) is 29.8 Å². The molecule has 0 bridgehead atoms. The lowest BCUT2D eigenvalue weighted by molar-refractivity contribution is -0.111. The molecule has 2 aromatic carbocycles. The first kappa shape index (κ1) is 22.5. The van der Waals surface area contributed by atoms with E-state index in [1.807, 2.05) is 30.3 Å². The predicted octanol–water partition coefficient (Wildman–Crippen LogP) is 3.93. The Morgan fingerprint density at radius 2 is 1.77 bits per heavy atom. The number of hydrogen-bond donors (Lipinski definition) is 1. The van der Waals surface area contributed by atoms with Gasteiger partial charge in [0.05, 0.1) is 12.7 Å². The van der Waals surface area contributed by atoms with Crippen LogP contribution in [0.25, 0.3) is 11.4 Å². The molecule has 0 aliphatic heterocycles. The van der Waals surface area contributed by atoms with Crippen molar-refractivity contribution in [3.05, 3.63) is 81.7 Å². The Morgan fingerprint density at radius 3 is 2.42 bits per heavy atom. The van der Waals surface area contributed by atoms with E-state index in [9.17, 15) is 9.59 Å². The Kier molecular flexibility index (Phi) is 7.77. The van der Waals surface area contributed by atoms with Crippen LogP contribution in [0.15, 0.2) is 65.6 Å². The first-order chi connectivity index (χ1) is 15.0. The smallest absolute Gasteiger partial charge is 0.412 e. The second kappa shape index (κ2) is 10.7. The van der Waals surface area contributed by atoms with E-state index in [1.165, 1.54) is 25.0 Å². The number of benzene rings is 2. The fraction of sp³-hybridized carbons (Fsp3) is 0.227. The van der Waals surface area contributed by atoms with Crippen LogP contribution >= 0.6 is 11.6 Å². The van der Waals surface area contributed by atoms with E-state index < -0.39 is 17.9 Å². The van der Waals surface area contributed by atoms with E-state index in [0.717, 1.165) is 5.56 Å². The number of hydrogen-bond acceptors (Lipinski definition) is 6. The van der Waals surface area contributed by atoms with Gasteiger partial charge in [0, 0.05) is 24.8 Å². The molecule has 1 heterocycles. The van der Waals surface area contributed by atoms with Crippen LogP contribution in [0.3, 0.4) is 0 Å². The van der Waals surface area contributed by atoms with E-state index in [4.69, 9.17) is 25.8 Å². The van der Waals surface area contributed by atoms with Crippen molar-refractivity contribution in [1.29, 1.82) is 0 Å². The van der Waals surface area contributed by atoms with Gasteiger partial charge >= 0.3 is 6.09 Å². The summed E-state index contributed by atoms with van der Waals surface area (Å²) in [5.74, 6) is 0.379. The minimum absolute atomic E-state index is 0.0262. The molecule has 1 aromatic heterocycles. The fourth-order valence-corrected chi connectivity index (χ4v) is 2.97. The van der Waals surface area contributed by atoms with Gasteiger partial charge in [-0.3, -0.25) is 14.7 Å². The molecule has 0 fully saturated rings. The topological polar surface area (TPSA) is 91.7 Å². The number of amides is 1. The number of anilines is 1. The molecular weight excluding hydrogens is 422 g/mol. The SMILES string of the molecule is COC(Cn1c(-c2ccc(Cl)cc2)ncc(NC(=O)OCc2ccccc2)c1=O)OC. The first-order valence-electron chi connectivity index (χ1n) is 9.41. The van der Waals surface area contributed by atoms with Crippen molar-refractivity contribution in [1.82, 2.24) is 9.55 Å². The van der Waals surface area contributed by atoms with E-state index in [1.54, 1.807) is 24.3 Å². The van der Waals surface area contributed by atoms with Crippen molar-refractivity contribution in [2.24, 2.45) is 0 Å². The number of ether oxygens (including phenoxy) is 3.